The van der Waals surface area contributed by atoms with Crippen LogP contribution in [0.3, 0.4) is 0 Å². The minimum Gasteiger partial charge on any atom is -0.352 e. The Morgan fingerprint density at radius 2 is 1.44 bits per heavy atom. The Hall–Kier alpha value is -3.85. The van der Waals surface area contributed by atoms with Crippen LogP contribution in [0.15, 0.2) is 102 Å². The summed E-state index contributed by atoms with van der Waals surface area (Å²) >= 11 is 13.3. The highest BCUT2D eigenvalue weighted by Crippen LogP contribution is 2.30. The SMILES string of the molecule is Cc1ccc(S(=O)(=O)N(CC(=O)N(Cc2c(Cl)cccc2Cl)[C@@H](Cc2ccccc2)C(=O)NC2CCCCC2)c2ccc(C(C)C)cc2)cc1. The number of hydrogen-bond acceptors (Lipinski definition) is 4. The molecule has 0 radical (unpaired) electrons. The van der Waals surface area contributed by atoms with Crippen LogP contribution in [0.1, 0.15) is 74.1 Å². The molecule has 1 aliphatic carbocycles. The summed E-state index contributed by atoms with van der Waals surface area (Å²) in [6.45, 7) is 5.34. The first-order valence-corrected chi connectivity index (χ1v) is 19.4. The molecule has 0 aliphatic heterocycles. The molecule has 0 bridgehead atoms. The summed E-state index contributed by atoms with van der Waals surface area (Å²) in [6.07, 6.45) is 5.10. The maximum atomic E-state index is 14.8. The van der Waals surface area contributed by atoms with E-state index in [1.807, 2.05) is 49.4 Å². The zero-order chi connectivity index (χ0) is 35.8. The van der Waals surface area contributed by atoms with Crippen LogP contribution in [0, 0.1) is 6.92 Å². The Morgan fingerprint density at radius 3 is 2.04 bits per heavy atom. The molecule has 1 fully saturated rings. The van der Waals surface area contributed by atoms with E-state index >= 15 is 0 Å². The van der Waals surface area contributed by atoms with Gasteiger partial charge in [-0.3, -0.25) is 13.9 Å². The number of anilines is 1. The lowest BCUT2D eigenvalue weighted by Gasteiger charge is -2.35. The molecule has 264 valence electrons. The van der Waals surface area contributed by atoms with E-state index in [1.165, 1.54) is 4.90 Å². The number of carbonyl (C=O) groups is 2. The largest absolute Gasteiger partial charge is 0.352 e. The zero-order valence-corrected chi connectivity index (χ0v) is 31.1. The van der Waals surface area contributed by atoms with E-state index in [0.29, 0.717) is 21.3 Å². The number of carbonyl (C=O) groups excluding carboxylic acids is 2. The maximum Gasteiger partial charge on any atom is 0.264 e. The average molecular weight is 735 g/mol. The fraction of sp³-hybridized carbons (Fsp3) is 0.350. The van der Waals surface area contributed by atoms with Gasteiger partial charge in [-0.25, -0.2) is 8.42 Å². The van der Waals surface area contributed by atoms with E-state index in [9.17, 15) is 18.0 Å². The molecule has 5 rings (SSSR count). The quantitative estimate of drug-likeness (QED) is 0.149. The van der Waals surface area contributed by atoms with Crippen LogP contribution in [-0.4, -0.2) is 43.8 Å². The van der Waals surface area contributed by atoms with Crippen LogP contribution >= 0.6 is 23.2 Å². The molecule has 1 N–H and O–H groups in total. The molecule has 0 saturated heterocycles. The minimum absolute atomic E-state index is 0.00624. The summed E-state index contributed by atoms with van der Waals surface area (Å²) in [5.74, 6) is -0.638. The van der Waals surface area contributed by atoms with Gasteiger partial charge in [0.05, 0.1) is 10.6 Å². The normalized spacial score (nSPS) is 14.3. The molecule has 1 aliphatic rings. The molecule has 10 heteroatoms. The van der Waals surface area contributed by atoms with Crippen molar-refractivity contribution in [2.75, 3.05) is 10.8 Å². The topological polar surface area (TPSA) is 86.8 Å². The Morgan fingerprint density at radius 1 is 0.820 bits per heavy atom. The molecule has 0 spiro atoms. The summed E-state index contributed by atoms with van der Waals surface area (Å²) in [4.78, 5) is 30.7. The third-order valence-corrected chi connectivity index (χ3v) is 11.8. The molecule has 4 aromatic rings. The van der Waals surface area contributed by atoms with Gasteiger partial charge in [0.2, 0.25) is 11.8 Å². The Labute approximate surface area is 306 Å². The lowest BCUT2D eigenvalue weighted by molar-refractivity contribution is -0.140. The van der Waals surface area contributed by atoms with Crippen LogP contribution in [-0.2, 0) is 32.6 Å². The van der Waals surface area contributed by atoms with E-state index in [1.54, 1.807) is 54.6 Å². The maximum absolute atomic E-state index is 14.8. The van der Waals surface area contributed by atoms with E-state index in [2.05, 4.69) is 19.2 Å². The lowest BCUT2D eigenvalue weighted by atomic mass is 9.94. The van der Waals surface area contributed by atoms with Crippen molar-refractivity contribution in [1.29, 1.82) is 0 Å². The van der Waals surface area contributed by atoms with Crippen molar-refractivity contribution in [2.45, 2.75) is 88.7 Å². The van der Waals surface area contributed by atoms with Gasteiger partial charge in [-0.05, 0) is 73.2 Å². The standard InChI is InChI=1S/C40H45Cl2N3O4S/c1-28(2)31-19-21-33(22-20-31)45(50(48,49)34-23-17-29(3)18-24-34)27-39(46)44(26-35-36(41)15-10-16-37(35)42)38(25-30-11-6-4-7-12-30)40(47)43-32-13-8-5-9-14-32/h4,6-7,10-12,15-24,28,32,38H,5,8-9,13-14,25-27H2,1-3H3,(H,43,47)/t38-/m0/s1. The number of nitrogens with one attached hydrogen (secondary N) is 1. The first-order chi connectivity index (χ1) is 23.9. The van der Waals surface area contributed by atoms with E-state index < -0.39 is 28.5 Å². The van der Waals surface area contributed by atoms with E-state index in [0.717, 1.165) is 53.1 Å². The van der Waals surface area contributed by atoms with Crippen molar-refractivity contribution in [3.8, 4) is 0 Å². The van der Waals surface area contributed by atoms with Crippen LogP contribution in [0.4, 0.5) is 5.69 Å². The fourth-order valence-electron chi connectivity index (χ4n) is 6.34. The van der Waals surface area contributed by atoms with Crippen LogP contribution in [0.5, 0.6) is 0 Å². The summed E-state index contributed by atoms with van der Waals surface area (Å²) < 4.78 is 29.9. The highest BCUT2D eigenvalue weighted by Gasteiger charge is 2.36. The predicted octanol–water partition coefficient (Wildman–Crippen LogP) is 8.71. The van der Waals surface area contributed by atoms with Gasteiger partial charge in [-0.2, -0.15) is 0 Å². The molecular weight excluding hydrogens is 689 g/mol. The number of nitrogens with zero attached hydrogens (tertiary/aromatic N) is 2. The number of amides is 2. The number of hydrogen-bond donors (Lipinski definition) is 1. The average Bonchev–Trinajstić information content (AvgIpc) is 3.10. The molecule has 2 amide bonds. The van der Waals surface area contributed by atoms with Gasteiger partial charge in [-0.15, -0.1) is 0 Å². The lowest BCUT2D eigenvalue weighted by Crippen LogP contribution is -2.55. The highest BCUT2D eigenvalue weighted by atomic mass is 35.5. The summed E-state index contributed by atoms with van der Waals surface area (Å²) in [7, 11) is -4.22. The predicted molar refractivity (Wildman–Crippen MR) is 202 cm³/mol. The molecule has 0 heterocycles. The first kappa shape index (κ1) is 37.4. The van der Waals surface area contributed by atoms with Crippen LogP contribution < -0.4 is 9.62 Å². The molecule has 50 heavy (non-hydrogen) atoms. The van der Waals surface area contributed by atoms with Crippen molar-refractivity contribution in [1.82, 2.24) is 10.2 Å². The molecule has 0 aromatic heterocycles. The van der Waals surface area contributed by atoms with Gasteiger partial charge in [0.15, 0.2) is 0 Å². The van der Waals surface area contributed by atoms with Crippen LogP contribution in [0.2, 0.25) is 10.0 Å². The molecule has 1 atom stereocenters. The van der Waals surface area contributed by atoms with Crippen LogP contribution in [0.25, 0.3) is 0 Å². The Balaban J connectivity index is 1.60. The number of benzene rings is 4. The minimum atomic E-state index is -4.22. The third kappa shape index (κ3) is 9.27. The fourth-order valence-corrected chi connectivity index (χ4v) is 8.27. The number of rotatable bonds is 13. The van der Waals surface area contributed by atoms with Crippen molar-refractivity contribution in [3.05, 3.63) is 129 Å². The van der Waals surface area contributed by atoms with Crippen molar-refractivity contribution in [2.24, 2.45) is 0 Å². The monoisotopic (exact) mass is 733 g/mol. The summed E-state index contributed by atoms with van der Waals surface area (Å²) in [5, 5.41) is 3.91. The van der Waals surface area contributed by atoms with Gasteiger partial charge in [0.25, 0.3) is 10.0 Å². The van der Waals surface area contributed by atoms with E-state index in [-0.39, 0.29) is 35.7 Å². The summed E-state index contributed by atoms with van der Waals surface area (Å²) in [5.41, 5.74) is 3.61. The smallest absolute Gasteiger partial charge is 0.264 e. The van der Waals surface area contributed by atoms with Crippen molar-refractivity contribution >= 4 is 50.7 Å². The second-order valence-corrected chi connectivity index (χ2v) is 16.0. The molecular formula is C40H45Cl2N3O4S. The molecule has 7 nitrogen and oxygen atoms in total. The molecule has 1 saturated carbocycles. The summed E-state index contributed by atoms with van der Waals surface area (Å²) in [6, 6.07) is 27.3. The second kappa shape index (κ2) is 16.9. The Kier molecular flexibility index (Phi) is 12.6. The van der Waals surface area contributed by atoms with Gasteiger partial charge in [-0.1, -0.05) is 123 Å². The number of sulfonamides is 1. The first-order valence-electron chi connectivity index (χ1n) is 17.2. The van der Waals surface area contributed by atoms with Gasteiger partial charge < -0.3 is 10.2 Å². The number of halogens is 2. The van der Waals surface area contributed by atoms with Crippen molar-refractivity contribution in [3.63, 3.8) is 0 Å². The number of aryl methyl sites for hydroxylation is 1. The van der Waals surface area contributed by atoms with Gasteiger partial charge in [0.1, 0.15) is 12.6 Å². The zero-order valence-electron chi connectivity index (χ0n) is 28.8. The third-order valence-electron chi connectivity index (χ3n) is 9.35. The Bertz CT molecular complexity index is 1840. The van der Waals surface area contributed by atoms with Gasteiger partial charge in [0, 0.05) is 34.6 Å². The van der Waals surface area contributed by atoms with Crippen molar-refractivity contribution < 1.29 is 18.0 Å². The van der Waals surface area contributed by atoms with Gasteiger partial charge >= 0.3 is 0 Å². The molecule has 4 aromatic carbocycles. The van der Waals surface area contributed by atoms with E-state index in [4.69, 9.17) is 23.2 Å². The molecule has 0 unspecified atom stereocenters. The second-order valence-electron chi connectivity index (χ2n) is 13.3. The highest BCUT2D eigenvalue weighted by molar-refractivity contribution is 7.92.